The molecule has 6 heteroatoms. The number of rotatable bonds is 3. The van der Waals surface area contributed by atoms with Crippen LogP contribution in [0.3, 0.4) is 0 Å². The maximum atomic E-state index is 5.65. The van der Waals surface area contributed by atoms with Crippen molar-refractivity contribution in [3.63, 3.8) is 0 Å². The zero-order valence-corrected chi connectivity index (χ0v) is 11.8. The van der Waals surface area contributed by atoms with Crippen LogP contribution in [0.5, 0.6) is 5.75 Å². The molecule has 0 radical (unpaired) electrons. The van der Waals surface area contributed by atoms with Gasteiger partial charge >= 0.3 is 0 Å². The minimum Gasteiger partial charge on any atom is -0.496 e. The molecule has 0 aliphatic heterocycles. The summed E-state index contributed by atoms with van der Waals surface area (Å²) < 4.78 is 5.35. The first kappa shape index (κ1) is 12.1. The summed E-state index contributed by atoms with van der Waals surface area (Å²) in [6, 6.07) is 7.84. The number of hydrogen-bond donors (Lipinski definition) is 1. The molecular formula is C13H11N3OS2. The quantitative estimate of drug-likeness (QED) is 0.801. The molecule has 2 aromatic heterocycles. The SMILES string of the molecule is COc1ccccc1-c1ncc(-c2csc(N)n2)s1. The molecule has 3 rings (SSSR count). The summed E-state index contributed by atoms with van der Waals surface area (Å²) in [6.45, 7) is 0. The first-order chi connectivity index (χ1) is 9.28. The molecular weight excluding hydrogens is 278 g/mol. The molecule has 96 valence electrons. The predicted octanol–water partition coefficient (Wildman–Crippen LogP) is 3.52. The molecule has 4 nitrogen and oxygen atoms in total. The molecule has 0 saturated heterocycles. The number of thiazole rings is 2. The first-order valence-corrected chi connectivity index (χ1v) is 7.28. The van der Waals surface area contributed by atoms with Crippen LogP contribution in [0, 0.1) is 0 Å². The first-order valence-electron chi connectivity index (χ1n) is 5.58. The fourth-order valence-corrected chi connectivity index (χ4v) is 3.28. The highest BCUT2D eigenvalue weighted by Gasteiger charge is 2.12. The minimum absolute atomic E-state index is 0.572. The smallest absolute Gasteiger partial charge is 0.180 e. The van der Waals surface area contributed by atoms with Crippen molar-refractivity contribution >= 4 is 27.8 Å². The molecule has 0 spiro atoms. The van der Waals surface area contributed by atoms with E-state index >= 15 is 0 Å². The lowest BCUT2D eigenvalue weighted by atomic mass is 10.2. The zero-order chi connectivity index (χ0) is 13.2. The second-order valence-electron chi connectivity index (χ2n) is 3.80. The summed E-state index contributed by atoms with van der Waals surface area (Å²) in [7, 11) is 1.66. The zero-order valence-electron chi connectivity index (χ0n) is 10.2. The van der Waals surface area contributed by atoms with E-state index in [4.69, 9.17) is 10.5 Å². The van der Waals surface area contributed by atoms with Crippen molar-refractivity contribution in [1.82, 2.24) is 9.97 Å². The van der Waals surface area contributed by atoms with E-state index in [9.17, 15) is 0 Å². The van der Waals surface area contributed by atoms with Crippen LogP contribution in [0.4, 0.5) is 5.13 Å². The third-order valence-corrected chi connectivity index (χ3v) is 4.34. The van der Waals surface area contributed by atoms with Crippen molar-refractivity contribution in [2.75, 3.05) is 12.8 Å². The van der Waals surface area contributed by atoms with Gasteiger partial charge in [0.25, 0.3) is 0 Å². The fourth-order valence-electron chi connectivity index (χ4n) is 1.74. The van der Waals surface area contributed by atoms with Gasteiger partial charge in [0, 0.05) is 11.6 Å². The maximum absolute atomic E-state index is 5.65. The minimum atomic E-state index is 0.572. The molecule has 2 heterocycles. The van der Waals surface area contributed by atoms with Crippen LogP contribution in [-0.2, 0) is 0 Å². The monoisotopic (exact) mass is 289 g/mol. The number of hydrogen-bond acceptors (Lipinski definition) is 6. The van der Waals surface area contributed by atoms with Gasteiger partial charge in [-0.15, -0.1) is 22.7 Å². The number of ether oxygens (including phenoxy) is 1. The molecule has 0 atom stereocenters. The number of para-hydroxylation sites is 1. The number of aromatic nitrogens is 2. The van der Waals surface area contributed by atoms with Crippen LogP contribution >= 0.6 is 22.7 Å². The summed E-state index contributed by atoms with van der Waals surface area (Å²) in [4.78, 5) is 9.72. The number of nitrogens with two attached hydrogens (primary N) is 1. The molecule has 19 heavy (non-hydrogen) atoms. The van der Waals surface area contributed by atoms with E-state index in [-0.39, 0.29) is 0 Å². The Labute approximate surface area is 118 Å². The lowest BCUT2D eigenvalue weighted by Gasteiger charge is -2.04. The van der Waals surface area contributed by atoms with Crippen LogP contribution < -0.4 is 10.5 Å². The van der Waals surface area contributed by atoms with Crippen molar-refractivity contribution in [3.8, 4) is 26.9 Å². The standard InChI is InChI=1S/C13H11N3OS2/c1-17-10-5-3-2-4-8(10)12-15-6-11(19-12)9-7-18-13(14)16-9/h2-7H,1H3,(H2,14,16). The van der Waals surface area contributed by atoms with Gasteiger partial charge < -0.3 is 10.5 Å². The van der Waals surface area contributed by atoms with Crippen molar-refractivity contribution in [2.45, 2.75) is 0 Å². The van der Waals surface area contributed by atoms with E-state index < -0.39 is 0 Å². The Morgan fingerprint density at radius 2 is 2.11 bits per heavy atom. The molecule has 0 bridgehead atoms. The van der Waals surface area contributed by atoms with Crippen molar-refractivity contribution in [2.24, 2.45) is 0 Å². The topological polar surface area (TPSA) is 61.0 Å². The van der Waals surface area contributed by atoms with Crippen LogP contribution in [0.1, 0.15) is 0 Å². The number of methoxy groups -OCH3 is 1. The van der Waals surface area contributed by atoms with Gasteiger partial charge in [0.1, 0.15) is 10.8 Å². The summed E-state index contributed by atoms with van der Waals surface area (Å²) in [5.41, 5.74) is 7.52. The van der Waals surface area contributed by atoms with Gasteiger partial charge in [0.05, 0.1) is 23.2 Å². The molecule has 0 saturated carbocycles. The Morgan fingerprint density at radius 3 is 2.84 bits per heavy atom. The number of anilines is 1. The highest BCUT2D eigenvalue weighted by Crippen LogP contribution is 2.36. The van der Waals surface area contributed by atoms with Crippen molar-refractivity contribution in [1.29, 1.82) is 0 Å². The number of nitrogen functional groups attached to an aromatic ring is 1. The van der Waals surface area contributed by atoms with E-state index in [2.05, 4.69) is 9.97 Å². The van der Waals surface area contributed by atoms with Crippen LogP contribution in [0.25, 0.3) is 21.1 Å². The van der Waals surface area contributed by atoms with E-state index in [1.165, 1.54) is 11.3 Å². The second kappa shape index (κ2) is 4.99. The molecule has 0 unspecified atom stereocenters. The Bertz CT molecular complexity index is 705. The third kappa shape index (κ3) is 2.32. The van der Waals surface area contributed by atoms with Crippen LogP contribution in [0.15, 0.2) is 35.8 Å². The summed E-state index contributed by atoms with van der Waals surface area (Å²) in [5.74, 6) is 0.821. The average Bonchev–Trinajstić information content (AvgIpc) is 3.07. The van der Waals surface area contributed by atoms with E-state index in [0.29, 0.717) is 5.13 Å². The Kier molecular flexibility index (Phi) is 3.18. The number of nitrogens with zero attached hydrogens (tertiary/aromatic N) is 2. The Hall–Kier alpha value is -1.92. The number of benzene rings is 1. The largest absolute Gasteiger partial charge is 0.496 e. The van der Waals surface area contributed by atoms with Gasteiger partial charge in [-0.25, -0.2) is 9.97 Å². The van der Waals surface area contributed by atoms with Gasteiger partial charge in [-0.2, -0.15) is 0 Å². The summed E-state index contributed by atoms with van der Waals surface area (Å²) >= 11 is 3.01. The molecule has 0 aliphatic carbocycles. The molecule has 3 aromatic rings. The second-order valence-corrected chi connectivity index (χ2v) is 5.72. The van der Waals surface area contributed by atoms with Gasteiger partial charge in [-0.05, 0) is 12.1 Å². The van der Waals surface area contributed by atoms with Gasteiger partial charge in [-0.3, -0.25) is 0 Å². The highest BCUT2D eigenvalue weighted by molar-refractivity contribution is 7.19. The molecule has 0 fully saturated rings. The van der Waals surface area contributed by atoms with Crippen LogP contribution in [-0.4, -0.2) is 17.1 Å². The molecule has 1 aromatic carbocycles. The van der Waals surface area contributed by atoms with E-state index in [1.807, 2.05) is 35.8 Å². The average molecular weight is 289 g/mol. The van der Waals surface area contributed by atoms with Crippen LogP contribution in [0.2, 0.25) is 0 Å². The highest BCUT2D eigenvalue weighted by atomic mass is 32.1. The van der Waals surface area contributed by atoms with Gasteiger partial charge in [0.2, 0.25) is 0 Å². The molecule has 0 amide bonds. The predicted molar refractivity (Wildman–Crippen MR) is 79.6 cm³/mol. The summed E-state index contributed by atoms with van der Waals surface area (Å²) in [6.07, 6.45) is 1.82. The van der Waals surface area contributed by atoms with Crippen molar-refractivity contribution < 1.29 is 4.74 Å². The molecule has 0 aliphatic rings. The Morgan fingerprint density at radius 1 is 1.26 bits per heavy atom. The van der Waals surface area contributed by atoms with E-state index in [1.54, 1.807) is 18.4 Å². The lowest BCUT2D eigenvalue weighted by molar-refractivity contribution is 0.416. The lowest BCUT2D eigenvalue weighted by Crippen LogP contribution is -1.86. The maximum Gasteiger partial charge on any atom is 0.180 e. The normalized spacial score (nSPS) is 10.6. The summed E-state index contributed by atoms with van der Waals surface area (Å²) in [5, 5.41) is 3.43. The van der Waals surface area contributed by atoms with Gasteiger partial charge in [-0.1, -0.05) is 12.1 Å². The fraction of sp³-hybridized carbons (Fsp3) is 0.0769. The van der Waals surface area contributed by atoms with Gasteiger partial charge in [0.15, 0.2) is 5.13 Å². The Balaban J connectivity index is 2.01. The third-order valence-electron chi connectivity index (χ3n) is 2.62. The van der Waals surface area contributed by atoms with E-state index in [0.717, 1.165) is 26.9 Å². The molecule has 2 N–H and O–H groups in total. The van der Waals surface area contributed by atoms with Crippen molar-refractivity contribution in [3.05, 3.63) is 35.8 Å².